The molecule has 0 spiro atoms. The van der Waals surface area contributed by atoms with E-state index in [1.807, 2.05) is 0 Å². The van der Waals surface area contributed by atoms with Gasteiger partial charge in [-0.2, -0.15) is 0 Å². The first-order valence-corrected chi connectivity index (χ1v) is 5.11. The molecule has 1 amide bonds. The summed E-state index contributed by atoms with van der Waals surface area (Å²) < 4.78 is 0. The molecule has 1 saturated carbocycles. The van der Waals surface area contributed by atoms with Crippen LogP contribution in [-0.2, 0) is 4.79 Å². The molecule has 0 aromatic carbocycles. The van der Waals surface area contributed by atoms with Gasteiger partial charge in [-0.3, -0.25) is 4.79 Å². The van der Waals surface area contributed by atoms with Crippen molar-refractivity contribution in [2.45, 2.75) is 39.0 Å². The average Bonchev–Trinajstić information content (AvgIpc) is 2.17. The van der Waals surface area contributed by atoms with Gasteiger partial charge in [0.2, 0.25) is 5.91 Å². The van der Waals surface area contributed by atoms with Crippen molar-refractivity contribution in [1.82, 2.24) is 0 Å². The smallest absolute Gasteiger partial charge is 0.244 e. The van der Waals surface area contributed by atoms with Crippen molar-refractivity contribution in [2.75, 3.05) is 0 Å². The molecule has 1 unspecified atom stereocenters. The molecule has 1 fully saturated rings. The van der Waals surface area contributed by atoms with E-state index in [4.69, 9.17) is 5.73 Å². The minimum absolute atomic E-state index is 0.276. The predicted octanol–water partition coefficient (Wildman–Crippen LogP) is 2.24. The van der Waals surface area contributed by atoms with E-state index in [0.717, 1.165) is 0 Å². The Kier molecular flexibility index (Phi) is 3.52. The summed E-state index contributed by atoms with van der Waals surface area (Å²) in [5.41, 5.74) is 5.81. The standard InChI is InChI=1S/C11H19NO/c1-8(9(2)11(12)13)10-6-4-3-5-7-10/h8,10H,2-7H2,1H3,(H2,12,13). The molecule has 1 atom stereocenters. The number of rotatable bonds is 3. The second-order valence-electron chi connectivity index (χ2n) is 4.08. The van der Waals surface area contributed by atoms with E-state index in [1.165, 1.54) is 32.1 Å². The van der Waals surface area contributed by atoms with E-state index in [2.05, 4.69) is 13.5 Å². The average molecular weight is 181 g/mol. The lowest BCUT2D eigenvalue weighted by atomic mass is 9.78. The number of hydrogen-bond donors (Lipinski definition) is 1. The largest absolute Gasteiger partial charge is 0.366 e. The van der Waals surface area contributed by atoms with Crippen LogP contribution < -0.4 is 5.73 Å². The van der Waals surface area contributed by atoms with Crippen molar-refractivity contribution in [3.8, 4) is 0 Å². The first-order valence-electron chi connectivity index (χ1n) is 5.11. The van der Waals surface area contributed by atoms with Crippen LogP contribution in [0.1, 0.15) is 39.0 Å². The monoisotopic (exact) mass is 181 g/mol. The fourth-order valence-electron chi connectivity index (χ4n) is 2.14. The Morgan fingerprint density at radius 1 is 1.38 bits per heavy atom. The molecule has 0 aromatic heterocycles. The SMILES string of the molecule is C=C(C(N)=O)C(C)C1CCCCC1. The summed E-state index contributed by atoms with van der Waals surface area (Å²) in [7, 11) is 0. The van der Waals surface area contributed by atoms with Crippen molar-refractivity contribution in [2.24, 2.45) is 17.6 Å². The Morgan fingerprint density at radius 3 is 2.38 bits per heavy atom. The second kappa shape index (κ2) is 4.45. The summed E-state index contributed by atoms with van der Waals surface area (Å²) in [4.78, 5) is 10.9. The van der Waals surface area contributed by atoms with Crippen molar-refractivity contribution in [3.05, 3.63) is 12.2 Å². The zero-order valence-electron chi connectivity index (χ0n) is 8.38. The van der Waals surface area contributed by atoms with Crippen LogP contribution in [0.5, 0.6) is 0 Å². The Morgan fingerprint density at radius 2 is 1.92 bits per heavy atom. The highest BCUT2D eigenvalue weighted by atomic mass is 16.1. The minimum atomic E-state index is -0.335. The molecular formula is C11H19NO. The number of nitrogens with two attached hydrogens (primary N) is 1. The molecule has 2 N–H and O–H groups in total. The van der Waals surface area contributed by atoms with Crippen LogP contribution in [0.15, 0.2) is 12.2 Å². The predicted molar refractivity (Wildman–Crippen MR) is 54.1 cm³/mol. The van der Waals surface area contributed by atoms with E-state index in [0.29, 0.717) is 11.5 Å². The van der Waals surface area contributed by atoms with Gasteiger partial charge >= 0.3 is 0 Å². The first-order chi connectivity index (χ1) is 6.13. The summed E-state index contributed by atoms with van der Waals surface area (Å²) in [5.74, 6) is 0.574. The van der Waals surface area contributed by atoms with Gasteiger partial charge in [-0.15, -0.1) is 0 Å². The highest BCUT2D eigenvalue weighted by Gasteiger charge is 2.23. The maximum atomic E-state index is 10.9. The summed E-state index contributed by atoms with van der Waals surface area (Å²) in [6.07, 6.45) is 6.38. The third kappa shape index (κ3) is 2.58. The van der Waals surface area contributed by atoms with Gasteiger partial charge in [0.25, 0.3) is 0 Å². The molecule has 0 radical (unpaired) electrons. The van der Waals surface area contributed by atoms with Gasteiger partial charge in [0.05, 0.1) is 0 Å². The second-order valence-corrected chi connectivity index (χ2v) is 4.08. The summed E-state index contributed by atoms with van der Waals surface area (Å²) in [5, 5.41) is 0. The number of hydrogen-bond acceptors (Lipinski definition) is 1. The Labute approximate surface area is 80.2 Å². The van der Waals surface area contributed by atoms with Crippen LogP contribution in [0.3, 0.4) is 0 Å². The lowest BCUT2D eigenvalue weighted by Gasteiger charge is -2.27. The van der Waals surface area contributed by atoms with Crippen LogP contribution in [0.25, 0.3) is 0 Å². The fourth-order valence-corrected chi connectivity index (χ4v) is 2.14. The molecule has 2 nitrogen and oxygen atoms in total. The van der Waals surface area contributed by atoms with Crippen LogP contribution >= 0.6 is 0 Å². The molecule has 1 rings (SSSR count). The zero-order valence-corrected chi connectivity index (χ0v) is 8.38. The van der Waals surface area contributed by atoms with Crippen molar-refractivity contribution < 1.29 is 4.79 Å². The van der Waals surface area contributed by atoms with Gasteiger partial charge < -0.3 is 5.73 Å². The number of carbonyl (C=O) groups excluding carboxylic acids is 1. The van der Waals surface area contributed by atoms with Gasteiger partial charge in [-0.05, 0) is 24.7 Å². The van der Waals surface area contributed by atoms with Crippen LogP contribution in [-0.4, -0.2) is 5.91 Å². The highest BCUT2D eigenvalue weighted by molar-refractivity contribution is 5.91. The topological polar surface area (TPSA) is 43.1 Å². The fraction of sp³-hybridized carbons (Fsp3) is 0.727. The third-order valence-corrected chi connectivity index (χ3v) is 3.22. The quantitative estimate of drug-likeness (QED) is 0.667. The molecule has 2 heteroatoms. The number of primary amides is 1. The molecule has 1 aliphatic rings. The molecule has 74 valence electrons. The van der Waals surface area contributed by atoms with Gasteiger partial charge in [0.15, 0.2) is 0 Å². The Bertz CT molecular complexity index is 204. The molecule has 0 heterocycles. The normalized spacial score (nSPS) is 21.0. The lowest BCUT2D eigenvalue weighted by molar-refractivity contribution is -0.115. The maximum Gasteiger partial charge on any atom is 0.244 e. The van der Waals surface area contributed by atoms with Crippen molar-refractivity contribution >= 4 is 5.91 Å². The van der Waals surface area contributed by atoms with Crippen LogP contribution in [0, 0.1) is 11.8 Å². The molecular weight excluding hydrogens is 162 g/mol. The molecule has 0 saturated heterocycles. The maximum absolute atomic E-state index is 10.9. The van der Waals surface area contributed by atoms with E-state index < -0.39 is 0 Å². The van der Waals surface area contributed by atoms with E-state index in [-0.39, 0.29) is 11.8 Å². The van der Waals surface area contributed by atoms with E-state index in [9.17, 15) is 4.79 Å². The molecule has 13 heavy (non-hydrogen) atoms. The van der Waals surface area contributed by atoms with Gasteiger partial charge in [0.1, 0.15) is 0 Å². The Hall–Kier alpha value is -0.790. The van der Waals surface area contributed by atoms with Crippen LogP contribution in [0.4, 0.5) is 0 Å². The number of carbonyl (C=O) groups is 1. The Balaban J connectivity index is 2.49. The third-order valence-electron chi connectivity index (χ3n) is 3.22. The van der Waals surface area contributed by atoms with Crippen molar-refractivity contribution in [3.63, 3.8) is 0 Å². The lowest BCUT2D eigenvalue weighted by Crippen LogP contribution is -2.24. The minimum Gasteiger partial charge on any atom is -0.366 e. The molecule has 0 bridgehead atoms. The molecule has 0 aromatic rings. The van der Waals surface area contributed by atoms with E-state index >= 15 is 0 Å². The summed E-state index contributed by atoms with van der Waals surface area (Å²) >= 11 is 0. The summed E-state index contributed by atoms with van der Waals surface area (Å²) in [6.45, 7) is 5.83. The summed E-state index contributed by atoms with van der Waals surface area (Å²) in [6, 6.07) is 0. The first kappa shape index (κ1) is 10.3. The van der Waals surface area contributed by atoms with Crippen LogP contribution in [0.2, 0.25) is 0 Å². The van der Waals surface area contributed by atoms with Crippen molar-refractivity contribution in [1.29, 1.82) is 0 Å². The molecule has 0 aliphatic heterocycles. The van der Waals surface area contributed by atoms with Gasteiger partial charge in [0, 0.05) is 5.57 Å². The number of amides is 1. The zero-order chi connectivity index (χ0) is 9.84. The van der Waals surface area contributed by atoms with E-state index in [1.54, 1.807) is 0 Å². The molecule has 1 aliphatic carbocycles. The van der Waals surface area contributed by atoms with Gasteiger partial charge in [-0.25, -0.2) is 0 Å². The highest BCUT2D eigenvalue weighted by Crippen LogP contribution is 2.32. The van der Waals surface area contributed by atoms with Gasteiger partial charge in [-0.1, -0.05) is 32.8 Å².